The normalized spacial score (nSPS) is 17.1. The highest BCUT2D eigenvalue weighted by Gasteiger charge is 2.36. The van der Waals surface area contributed by atoms with Crippen molar-refractivity contribution in [1.82, 2.24) is 9.62 Å². The monoisotopic (exact) mass is 372 g/mol. The Kier molecular flexibility index (Phi) is 5.08. The number of nitrogens with one attached hydrogen (secondary N) is 1. The summed E-state index contributed by atoms with van der Waals surface area (Å²) in [4.78, 5) is 26.5. The summed E-state index contributed by atoms with van der Waals surface area (Å²) in [5, 5.41) is 0. The van der Waals surface area contributed by atoms with Gasteiger partial charge in [0.05, 0.1) is 10.9 Å². The molecule has 1 aliphatic rings. The molecule has 0 aliphatic carbocycles. The molecule has 0 spiro atoms. The largest absolute Gasteiger partial charge is 0.331 e. The SMILES string of the molecule is Cc1ccc(S(=O)(=O)NC(=O)N2CCCC2C(=O)c2ccccc2)cc1. The summed E-state index contributed by atoms with van der Waals surface area (Å²) >= 11 is 0. The number of carbonyl (C=O) groups is 2. The van der Waals surface area contributed by atoms with Crippen LogP contribution in [0.5, 0.6) is 0 Å². The van der Waals surface area contributed by atoms with E-state index >= 15 is 0 Å². The van der Waals surface area contributed by atoms with Gasteiger partial charge in [0, 0.05) is 12.1 Å². The molecule has 1 unspecified atom stereocenters. The molecule has 136 valence electrons. The number of hydrogen-bond acceptors (Lipinski definition) is 4. The van der Waals surface area contributed by atoms with Gasteiger partial charge in [0.2, 0.25) is 0 Å². The Morgan fingerprint density at radius 3 is 2.35 bits per heavy atom. The fourth-order valence-corrected chi connectivity index (χ4v) is 3.99. The first-order valence-electron chi connectivity index (χ1n) is 8.38. The van der Waals surface area contributed by atoms with E-state index in [1.54, 1.807) is 36.4 Å². The first-order valence-corrected chi connectivity index (χ1v) is 9.86. The van der Waals surface area contributed by atoms with Crippen LogP contribution in [-0.2, 0) is 10.0 Å². The molecule has 1 heterocycles. The molecule has 26 heavy (non-hydrogen) atoms. The third kappa shape index (κ3) is 3.77. The number of ketones is 1. The summed E-state index contributed by atoms with van der Waals surface area (Å²) in [6.07, 6.45) is 1.17. The fraction of sp³-hybridized carbons (Fsp3) is 0.263. The van der Waals surface area contributed by atoms with Gasteiger partial charge in [-0.3, -0.25) is 4.79 Å². The number of benzene rings is 2. The second-order valence-electron chi connectivity index (χ2n) is 6.31. The predicted octanol–water partition coefficient (Wildman–Crippen LogP) is 2.74. The van der Waals surface area contributed by atoms with E-state index in [-0.39, 0.29) is 10.7 Å². The number of likely N-dealkylation sites (tertiary alicyclic amines) is 1. The smallest absolute Gasteiger partial charge is 0.314 e. The van der Waals surface area contributed by atoms with E-state index in [2.05, 4.69) is 4.72 Å². The van der Waals surface area contributed by atoms with Gasteiger partial charge in [0.25, 0.3) is 10.0 Å². The summed E-state index contributed by atoms with van der Waals surface area (Å²) in [6.45, 7) is 2.19. The van der Waals surface area contributed by atoms with Crippen molar-refractivity contribution in [3.05, 3.63) is 65.7 Å². The molecule has 2 aromatic rings. The number of aryl methyl sites for hydroxylation is 1. The molecule has 2 aromatic carbocycles. The van der Waals surface area contributed by atoms with Gasteiger partial charge >= 0.3 is 6.03 Å². The Morgan fingerprint density at radius 2 is 1.69 bits per heavy atom. The molecule has 2 amide bonds. The molecule has 1 saturated heterocycles. The van der Waals surface area contributed by atoms with Crippen LogP contribution in [0.4, 0.5) is 4.79 Å². The maximum absolute atomic E-state index is 12.7. The van der Waals surface area contributed by atoms with Gasteiger partial charge in [-0.15, -0.1) is 0 Å². The lowest BCUT2D eigenvalue weighted by molar-refractivity contribution is 0.0889. The van der Waals surface area contributed by atoms with Crippen molar-refractivity contribution in [2.75, 3.05) is 6.54 Å². The number of Topliss-reactive ketones (excluding diaryl/α,β-unsaturated/α-hetero) is 1. The quantitative estimate of drug-likeness (QED) is 0.837. The number of sulfonamides is 1. The van der Waals surface area contributed by atoms with Gasteiger partial charge in [-0.1, -0.05) is 48.0 Å². The third-order valence-electron chi connectivity index (χ3n) is 4.43. The highest BCUT2D eigenvalue weighted by atomic mass is 32.2. The molecule has 1 atom stereocenters. The Morgan fingerprint density at radius 1 is 1.04 bits per heavy atom. The number of carbonyl (C=O) groups excluding carboxylic acids is 2. The minimum atomic E-state index is -3.98. The van der Waals surface area contributed by atoms with Crippen LogP contribution in [0.3, 0.4) is 0 Å². The maximum Gasteiger partial charge on any atom is 0.331 e. The minimum Gasteiger partial charge on any atom is -0.314 e. The van der Waals surface area contributed by atoms with Crippen molar-refractivity contribution < 1.29 is 18.0 Å². The Bertz CT molecular complexity index is 908. The summed E-state index contributed by atoms with van der Waals surface area (Å²) < 4.78 is 26.9. The van der Waals surface area contributed by atoms with Crippen LogP contribution in [0, 0.1) is 6.92 Å². The molecular weight excluding hydrogens is 352 g/mol. The summed E-state index contributed by atoms with van der Waals surface area (Å²) in [5.74, 6) is -0.175. The van der Waals surface area contributed by atoms with Crippen LogP contribution >= 0.6 is 0 Å². The molecule has 3 rings (SSSR count). The average Bonchev–Trinajstić information content (AvgIpc) is 3.12. The van der Waals surface area contributed by atoms with Crippen molar-refractivity contribution in [3.8, 4) is 0 Å². The summed E-state index contributed by atoms with van der Waals surface area (Å²) in [7, 11) is -3.98. The molecule has 0 saturated carbocycles. The molecule has 0 aromatic heterocycles. The summed E-state index contributed by atoms with van der Waals surface area (Å²) in [5.41, 5.74) is 1.43. The standard InChI is InChI=1S/C19H20N2O4S/c1-14-9-11-16(12-10-14)26(24,25)20-19(23)21-13-5-8-17(21)18(22)15-6-3-2-4-7-15/h2-4,6-7,9-12,17H,5,8,13H2,1H3,(H,20,23). The van der Waals surface area contributed by atoms with Crippen molar-refractivity contribution in [2.45, 2.75) is 30.7 Å². The van der Waals surface area contributed by atoms with Crippen molar-refractivity contribution in [1.29, 1.82) is 0 Å². The number of urea groups is 1. The van der Waals surface area contributed by atoms with Gasteiger partial charge in [0.1, 0.15) is 0 Å². The van der Waals surface area contributed by atoms with Crippen molar-refractivity contribution in [2.24, 2.45) is 0 Å². The van der Waals surface area contributed by atoms with Gasteiger partial charge in [0.15, 0.2) is 5.78 Å². The zero-order valence-corrected chi connectivity index (χ0v) is 15.2. The van der Waals surface area contributed by atoms with E-state index in [0.717, 1.165) is 5.56 Å². The highest BCUT2D eigenvalue weighted by Crippen LogP contribution is 2.22. The second kappa shape index (κ2) is 7.29. The van der Waals surface area contributed by atoms with Crippen LogP contribution in [0.15, 0.2) is 59.5 Å². The Balaban J connectivity index is 1.76. The van der Waals surface area contributed by atoms with E-state index in [1.165, 1.54) is 17.0 Å². The molecule has 0 bridgehead atoms. The molecule has 1 aliphatic heterocycles. The van der Waals surface area contributed by atoms with Gasteiger partial charge < -0.3 is 4.90 Å². The van der Waals surface area contributed by atoms with Gasteiger partial charge in [-0.25, -0.2) is 17.9 Å². The van der Waals surface area contributed by atoms with Crippen molar-refractivity contribution in [3.63, 3.8) is 0 Å². The van der Waals surface area contributed by atoms with Crippen LogP contribution in [-0.4, -0.2) is 37.7 Å². The zero-order valence-electron chi connectivity index (χ0n) is 14.4. The molecule has 1 fully saturated rings. The third-order valence-corrected chi connectivity index (χ3v) is 5.76. The second-order valence-corrected chi connectivity index (χ2v) is 7.99. The Labute approximate surface area is 152 Å². The van der Waals surface area contributed by atoms with E-state index in [1.807, 2.05) is 13.0 Å². The number of amides is 2. The lowest BCUT2D eigenvalue weighted by Crippen LogP contribution is -2.47. The topological polar surface area (TPSA) is 83.6 Å². The van der Waals surface area contributed by atoms with E-state index in [9.17, 15) is 18.0 Å². The van der Waals surface area contributed by atoms with Gasteiger partial charge in [-0.05, 0) is 31.9 Å². The molecule has 1 N–H and O–H groups in total. The number of nitrogens with zero attached hydrogens (tertiary/aromatic N) is 1. The Hall–Kier alpha value is -2.67. The maximum atomic E-state index is 12.7. The van der Waals surface area contributed by atoms with Crippen LogP contribution in [0.2, 0.25) is 0 Å². The first-order chi connectivity index (χ1) is 12.4. The van der Waals surface area contributed by atoms with Crippen LogP contribution in [0.1, 0.15) is 28.8 Å². The van der Waals surface area contributed by atoms with Crippen LogP contribution in [0.25, 0.3) is 0 Å². The van der Waals surface area contributed by atoms with E-state index < -0.39 is 22.1 Å². The van der Waals surface area contributed by atoms with E-state index in [0.29, 0.717) is 24.9 Å². The zero-order chi connectivity index (χ0) is 18.7. The van der Waals surface area contributed by atoms with Crippen molar-refractivity contribution >= 4 is 21.8 Å². The highest BCUT2D eigenvalue weighted by molar-refractivity contribution is 7.90. The molecular formula is C19H20N2O4S. The molecule has 6 nitrogen and oxygen atoms in total. The molecule has 7 heteroatoms. The minimum absolute atomic E-state index is 0.0154. The molecule has 0 radical (unpaired) electrons. The predicted molar refractivity (Wildman–Crippen MR) is 97.4 cm³/mol. The number of hydrogen-bond donors (Lipinski definition) is 1. The lowest BCUT2D eigenvalue weighted by Gasteiger charge is -2.24. The lowest BCUT2D eigenvalue weighted by atomic mass is 10.0. The van der Waals surface area contributed by atoms with E-state index in [4.69, 9.17) is 0 Å². The summed E-state index contributed by atoms with van der Waals surface area (Å²) in [6, 6.07) is 13.5. The van der Waals surface area contributed by atoms with Crippen LogP contribution < -0.4 is 4.72 Å². The first kappa shape index (κ1) is 18.1. The van der Waals surface area contributed by atoms with Gasteiger partial charge in [-0.2, -0.15) is 0 Å². The fourth-order valence-electron chi connectivity index (χ4n) is 3.03. The average molecular weight is 372 g/mol. The number of rotatable bonds is 4.